The van der Waals surface area contributed by atoms with E-state index in [1.54, 1.807) is 0 Å². The number of aryl methyl sites for hydroxylation is 1. The van der Waals surface area contributed by atoms with Gasteiger partial charge in [-0.25, -0.2) is 0 Å². The van der Waals surface area contributed by atoms with Gasteiger partial charge >= 0.3 is 0 Å². The highest BCUT2D eigenvalue weighted by atomic mass is 16.5. The van der Waals surface area contributed by atoms with Crippen LogP contribution in [0.1, 0.15) is 37.8 Å². The summed E-state index contributed by atoms with van der Waals surface area (Å²) < 4.78 is 5.11. The Kier molecular flexibility index (Phi) is 4.78. The number of hydrogen-bond acceptors (Lipinski definition) is 4. The molecule has 1 unspecified atom stereocenters. The van der Waals surface area contributed by atoms with Crippen LogP contribution in [-0.4, -0.2) is 29.7 Å². The number of aromatic nitrogens is 1. The van der Waals surface area contributed by atoms with Crippen LogP contribution >= 0.6 is 0 Å². The summed E-state index contributed by atoms with van der Waals surface area (Å²) in [5.74, 6) is 0.860. The lowest BCUT2D eigenvalue weighted by Gasteiger charge is -2.27. The minimum Gasteiger partial charge on any atom is -0.361 e. The summed E-state index contributed by atoms with van der Waals surface area (Å²) in [4.78, 5) is 2.35. The first-order chi connectivity index (χ1) is 7.22. The Morgan fingerprint density at radius 3 is 2.53 bits per heavy atom. The fourth-order valence-electron chi connectivity index (χ4n) is 1.88. The lowest BCUT2D eigenvalue weighted by atomic mass is 10.1. The summed E-state index contributed by atoms with van der Waals surface area (Å²) in [7, 11) is 0. The van der Waals surface area contributed by atoms with E-state index in [4.69, 9.17) is 10.3 Å². The maximum Gasteiger partial charge on any atom is 0.133 e. The summed E-state index contributed by atoms with van der Waals surface area (Å²) in [5.41, 5.74) is 6.64. The van der Waals surface area contributed by atoms with E-state index in [1.165, 1.54) is 0 Å². The molecule has 1 atom stereocenters. The molecule has 0 aliphatic carbocycles. The zero-order chi connectivity index (χ0) is 11.3. The molecule has 0 aromatic carbocycles. The largest absolute Gasteiger partial charge is 0.361 e. The topological polar surface area (TPSA) is 55.3 Å². The van der Waals surface area contributed by atoms with E-state index in [-0.39, 0.29) is 0 Å². The molecule has 0 bridgehead atoms. The molecule has 4 heteroatoms. The van der Waals surface area contributed by atoms with Gasteiger partial charge in [-0.2, -0.15) is 0 Å². The molecular weight excluding hydrogens is 190 g/mol. The summed E-state index contributed by atoms with van der Waals surface area (Å²) in [6, 6.07) is 2.29. The Morgan fingerprint density at radius 2 is 2.13 bits per heavy atom. The monoisotopic (exact) mass is 211 g/mol. The van der Waals surface area contributed by atoms with Crippen LogP contribution in [0.5, 0.6) is 0 Å². The maximum absolute atomic E-state index is 5.64. The van der Waals surface area contributed by atoms with Crippen molar-refractivity contribution in [3.05, 3.63) is 17.5 Å². The molecule has 1 aromatic rings. The van der Waals surface area contributed by atoms with Gasteiger partial charge in [-0.1, -0.05) is 19.0 Å². The third-order valence-corrected chi connectivity index (χ3v) is 2.68. The van der Waals surface area contributed by atoms with Crippen LogP contribution in [0.15, 0.2) is 10.6 Å². The Labute approximate surface area is 91.4 Å². The zero-order valence-electron chi connectivity index (χ0n) is 9.86. The molecule has 0 radical (unpaired) electrons. The molecule has 0 aliphatic rings. The molecule has 1 aromatic heterocycles. The van der Waals surface area contributed by atoms with Gasteiger partial charge in [0.25, 0.3) is 0 Å². The van der Waals surface area contributed by atoms with Crippen LogP contribution in [0.4, 0.5) is 0 Å². The molecule has 4 nitrogen and oxygen atoms in total. The first kappa shape index (κ1) is 12.2. The quantitative estimate of drug-likeness (QED) is 0.778. The molecule has 86 valence electrons. The van der Waals surface area contributed by atoms with Gasteiger partial charge in [0.1, 0.15) is 11.5 Å². The predicted octanol–water partition coefficient (Wildman–Crippen LogP) is 1.71. The summed E-state index contributed by atoms with van der Waals surface area (Å²) in [6.45, 7) is 8.91. The van der Waals surface area contributed by atoms with E-state index in [0.29, 0.717) is 12.6 Å². The second-order valence-electron chi connectivity index (χ2n) is 3.68. The Hall–Kier alpha value is -0.870. The van der Waals surface area contributed by atoms with Crippen molar-refractivity contribution in [2.24, 2.45) is 5.73 Å². The molecular formula is C11H21N3O. The van der Waals surface area contributed by atoms with Crippen molar-refractivity contribution in [2.75, 3.05) is 19.6 Å². The average Bonchev–Trinajstić information content (AvgIpc) is 2.65. The van der Waals surface area contributed by atoms with Gasteiger partial charge in [-0.3, -0.25) is 4.90 Å². The van der Waals surface area contributed by atoms with Crippen molar-refractivity contribution in [2.45, 2.75) is 33.2 Å². The molecule has 0 saturated carbocycles. The summed E-state index contributed by atoms with van der Waals surface area (Å²) in [6.07, 6.45) is 0.924. The Bertz CT molecular complexity index is 281. The standard InChI is InChI=1S/C11H21N3O/c1-4-14(5-2)11(6-7-12)10-8-9(3)15-13-10/h8,11H,4-7,12H2,1-3H3. The fourth-order valence-corrected chi connectivity index (χ4v) is 1.88. The van der Waals surface area contributed by atoms with E-state index >= 15 is 0 Å². The van der Waals surface area contributed by atoms with Gasteiger partial charge in [0.2, 0.25) is 0 Å². The SMILES string of the molecule is CCN(CC)C(CCN)c1cc(C)on1. The van der Waals surface area contributed by atoms with Gasteiger partial charge in [-0.15, -0.1) is 0 Å². The summed E-state index contributed by atoms with van der Waals surface area (Å²) in [5, 5.41) is 4.08. The van der Waals surface area contributed by atoms with Crippen LogP contribution in [0.25, 0.3) is 0 Å². The van der Waals surface area contributed by atoms with Crippen molar-refractivity contribution in [3.63, 3.8) is 0 Å². The highest BCUT2D eigenvalue weighted by molar-refractivity contribution is 5.09. The van der Waals surface area contributed by atoms with Gasteiger partial charge in [0.15, 0.2) is 0 Å². The molecule has 0 fully saturated rings. The first-order valence-electron chi connectivity index (χ1n) is 5.60. The minimum absolute atomic E-state index is 0.294. The molecule has 0 saturated heterocycles. The smallest absolute Gasteiger partial charge is 0.133 e. The highest BCUT2D eigenvalue weighted by Crippen LogP contribution is 2.22. The van der Waals surface area contributed by atoms with E-state index in [2.05, 4.69) is 23.9 Å². The minimum atomic E-state index is 0.294. The highest BCUT2D eigenvalue weighted by Gasteiger charge is 2.20. The lowest BCUT2D eigenvalue weighted by molar-refractivity contribution is 0.200. The lowest BCUT2D eigenvalue weighted by Crippen LogP contribution is -2.30. The van der Waals surface area contributed by atoms with E-state index in [9.17, 15) is 0 Å². The number of hydrogen-bond donors (Lipinski definition) is 1. The van der Waals surface area contributed by atoms with E-state index in [0.717, 1.165) is 31.0 Å². The van der Waals surface area contributed by atoms with Gasteiger partial charge in [-0.05, 0) is 33.0 Å². The Morgan fingerprint density at radius 1 is 1.47 bits per heavy atom. The molecule has 1 heterocycles. The molecule has 2 N–H and O–H groups in total. The third kappa shape index (κ3) is 3.04. The Balaban J connectivity index is 2.81. The van der Waals surface area contributed by atoms with E-state index < -0.39 is 0 Å². The molecule has 0 aliphatic heterocycles. The van der Waals surface area contributed by atoms with Crippen molar-refractivity contribution in [3.8, 4) is 0 Å². The summed E-state index contributed by atoms with van der Waals surface area (Å²) >= 11 is 0. The number of nitrogens with zero attached hydrogens (tertiary/aromatic N) is 2. The number of rotatable bonds is 6. The van der Waals surface area contributed by atoms with Crippen molar-refractivity contribution in [1.29, 1.82) is 0 Å². The third-order valence-electron chi connectivity index (χ3n) is 2.68. The molecule has 15 heavy (non-hydrogen) atoms. The number of nitrogens with two attached hydrogens (primary N) is 1. The maximum atomic E-state index is 5.64. The second-order valence-corrected chi connectivity index (χ2v) is 3.68. The van der Waals surface area contributed by atoms with Gasteiger partial charge in [0.05, 0.1) is 6.04 Å². The van der Waals surface area contributed by atoms with Crippen molar-refractivity contribution < 1.29 is 4.52 Å². The fraction of sp³-hybridized carbons (Fsp3) is 0.727. The second kappa shape index (κ2) is 5.88. The van der Waals surface area contributed by atoms with Gasteiger partial charge in [0, 0.05) is 6.07 Å². The van der Waals surface area contributed by atoms with Crippen LogP contribution in [-0.2, 0) is 0 Å². The van der Waals surface area contributed by atoms with Crippen LogP contribution in [0, 0.1) is 6.92 Å². The molecule has 0 spiro atoms. The van der Waals surface area contributed by atoms with E-state index in [1.807, 2.05) is 13.0 Å². The first-order valence-corrected chi connectivity index (χ1v) is 5.60. The average molecular weight is 211 g/mol. The molecule has 0 amide bonds. The van der Waals surface area contributed by atoms with Crippen LogP contribution in [0.2, 0.25) is 0 Å². The molecule has 1 rings (SSSR count). The predicted molar refractivity (Wildman–Crippen MR) is 60.6 cm³/mol. The normalized spacial score (nSPS) is 13.4. The van der Waals surface area contributed by atoms with Crippen LogP contribution < -0.4 is 5.73 Å². The van der Waals surface area contributed by atoms with Crippen molar-refractivity contribution >= 4 is 0 Å². The van der Waals surface area contributed by atoms with Crippen molar-refractivity contribution in [1.82, 2.24) is 10.1 Å². The van der Waals surface area contributed by atoms with Crippen LogP contribution in [0.3, 0.4) is 0 Å². The zero-order valence-corrected chi connectivity index (χ0v) is 9.86. The van der Waals surface area contributed by atoms with Gasteiger partial charge < -0.3 is 10.3 Å².